The molecule has 2 heterocycles. The molecule has 0 saturated carbocycles. The van der Waals surface area contributed by atoms with Crippen molar-refractivity contribution >= 4 is 21.6 Å². The van der Waals surface area contributed by atoms with Crippen molar-refractivity contribution in [1.82, 2.24) is 9.88 Å². The first-order valence-electron chi connectivity index (χ1n) is 6.14. The van der Waals surface area contributed by atoms with Gasteiger partial charge in [0, 0.05) is 18.6 Å². The van der Waals surface area contributed by atoms with Crippen molar-refractivity contribution in [3.63, 3.8) is 0 Å². The van der Waals surface area contributed by atoms with Gasteiger partial charge < -0.3 is 10.2 Å². The SMILES string of the molecule is CC1CN(C)C(C)CC1Nc1ccc(Br)nc1. The minimum atomic E-state index is 0.546. The molecule has 94 valence electrons. The smallest absolute Gasteiger partial charge is 0.106 e. The summed E-state index contributed by atoms with van der Waals surface area (Å²) in [7, 11) is 2.21. The monoisotopic (exact) mass is 297 g/mol. The number of nitrogens with one attached hydrogen (secondary N) is 1. The van der Waals surface area contributed by atoms with Crippen molar-refractivity contribution in [1.29, 1.82) is 0 Å². The molecular weight excluding hydrogens is 278 g/mol. The fourth-order valence-electron chi connectivity index (χ4n) is 2.42. The number of rotatable bonds is 2. The summed E-state index contributed by atoms with van der Waals surface area (Å²) in [6.07, 6.45) is 3.08. The highest BCUT2D eigenvalue weighted by atomic mass is 79.9. The number of pyridine rings is 1. The van der Waals surface area contributed by atoms with E-state index >= 15 is 0 Å². The summed E-state index contributed by atoms with van der Waals surface area (Å²) in [5.41, 5.74) is 1.11. The molecule has 0 aromatic carbocycles. The average molecular weight is 298 g/mol. The normalized spacial score (nSPS) is 30.2. The number of anilines is 1. The predicted octanol–water partition coefficient (Wildman–Crippen LogP) is 2.98. The molecule has 1 aromatic heterocycles. The Bertz CT molecular complexity index is 365. The molecule has 1 fully saturated rings. The predicted molar refractivity (Wildman–Crippen MR) is 75.2 cm³/mol. The lowest BCUT2D eigenvalue weighted by Gasteiger charge is -2.40. The van der Waals surface area contributed by atoms with Gasteiger partial charge in [0.2, 0.25) is 0 Å². The summed E-state index contributed by atoms with van der Waals surface area (Å²) in [5, 5.41) is 3.60. The Hall–Kier alpha value is -0.610. The second kappa shape index (κ2) is 5.36. The van der Waals surface area contributed by atoms with Crippen molar-refractivity contribution < 1.29 is 0 Å². The second-order valence-corrected chi connectivity index (χ2v) is 5.93. The first-order chi connectivity index (χ1) is 8.06. The van der Waals surface area contributed by atoms with E-state index in [9.17, 15) is 0 Å². The van der Waals surface area contributed by atoms with Crippen molar-refractivity contribution in [3.8, 4) is 0 Å². The molecule has 0 aliphatic carbocycles. The molecule has 4 heteroatoms. The summed E-state index contributed by atoms with van der Waals surface area (Å²) >= 11 is 3.35. The van der Waals surface area contributed by atoms with Crippen LogP contribution in [0.25, 0.3) is 0 Å². The highest BCUT2D eigenvalue weighted by molar-refractivity contribution is 9.10. The third-order valence-corrected chi connectivity index (χ3v) is 4.16. The first-order valence-corrected chi connectivity index (χ1v) is 6.94. The molecule has 1 N–H and O–H groups in total. The maximum Gasteiger partial charge on any atom is 0.106 e. The minimum Gasteiger partial charge on any atom is -0.381 e. The van der Waals surface area contributed by atoms with Gasteiger partial charge in [-0.05, 0) is 54.4 Å². The molecule has 0 bridgehead atoms. The van der Waals surface area contributed by atoms with E-state index < -0.39 is 0 Å². The molecule has 1 aliphatic rings. The Morgan fingerprint density at radius 3 is 2.82 bits per heavy atom. The van der Waals surface area contributed by atoms with E-state index in [0.717, 1.165) is 16.8 Å². The van der Waals surface area contributed by atoms with Crippen LogP contribution >= 0.6 is 15.9 Å². The van der Waals surface area contributed by atoms with E-state index in [1.54, 1.807) is 0 Å². The van der Waals surface area contributed by atoms with Crippen LogP contribution in [0.5, 0.6) is 0 Å². The molecule has 1 aliphatic heterocycles. The number of aromatic nitrogens is 1. The highest BCUT2D eigenvalue weighted by Gasteiger charge is 2.28. The third-order valence-electron chi connectivity index (χ3n) is 3.69. The van der Waals surface area contributed by atoms with Gasteiger partial charge in [0.25, 0.3) is 0 Å². The number of hydrogen-bond donors (Lipinski definition) is 1. The minimum absolute atomic E-state index is 0.546. The quantitative estimate of drug-likeness (QED) is 0.851. The van der Waals surface area contributed by atoms with Gasteiger partial charge >= 0.3 is 0 Å². The lowest BCUT2D eigenvalue weighted by atomic mass is 9.90. The Balaban J connectivity index is 2.00. The Kier molecular flexibility index (Phi) is 4.05. The fourth-order valence-corrected chi connectivity index (χ4v) is 2.65. The third kappa shape index (κ3) is 3.19. The number of nitrogens with zero attached hydrogens (tertiary/aromatic N) is 2. The summed E-state index contributed by atoms with van der Waals surface area (Å²) < 4.78 is 0.882. The topological polar surface area (TPSA) is 28.2 Å². The molecule has 0 amide bonds. The van der Waals surface area contributed by atoms with Gasteiger partial charge in [0.05, 0.1) is 11.9 Å². The van der Waals surface area contributed by atoms with Crippen molar-refractivity contribution in [3.05, 3.63) is 22.9 Å². The van der Waals surface area contributed by atoms with Crippen LogP contribution in [0, 0.1) is 5.92 Å². The standard InChI is InChI=1S/C13H20BrN3/c1-9-8-17(3)10(2)6-12(9)16-11-4-5-13(14)15-7-11/h4-5,7,9-10,12,16H,6,8H2,1-3H3. The molecule has 2 rings (SSSR count). The van der Waals surface area contributed by atoms with E-state index in [1.807, 2.05) is 12.3 Å². The van der Waals surface area contributed by atoms with Crippen molar-refractivity contribution in [2.75, 3.05) is 18.9 Å². The van der Waals surface area contributed by atoms with Crippen LogP contribution in [0.1, 0.15) is 20.3 Å². The number of hydrogen-bond acceptors (Lipinski definition) is 3. The highest BCUT2D eigenvalue weighted by Crippen LogP contribution is 2.24. The molecule has 3 nitrogen and oxygen atoms in total. The van der Waals surface area contributed by atoms with E-state index in [2.05, 4.69) is 58.1 Å². The number of piperidine rings is 1. The van der Waals surface area contributed by atoms with E-state index in [-0.39, 0.29) is 0 Å². The van der Waals surface area contributed by atoms with Gasteiger partial charge in [-0.25, -0.2) is 4.98 Å². The van der Waals surface area contributed by atoms with Gasteiger partial charge in [0.15, 0.2) is 0 Å². The average Bonchev–Trinajstić information content (AvgIpc) is 2.29. The number of likely N-dealkylation sites (tertiary alicyclic amines) is 1. The van der Waals surface area contributed by atoms with Gasteiger partial charge in [0.1, 0.15) is 4.60 Å². The Morgan fingerprint density at radius 1 is 1.41 bits per heavy atom. The van der Waals surface area contributed by atoms with Crippen LogP contribution in [0.4, 0.5) is 5.69 Å². The van der Waals surface area contributed by atoms with Crippen LogP contribution in [-0.4, -0.2) is 35.6 Å². The summed E-state index contributed by atoms with van der Waals surface area (Å²) in [4.78, 5) is 6.68. The van der Waals surface area contributed by atoms with E-state index in [4.69, 9.17) is 0 Å². The van der Waals surface area contributed by atoms with Crippen LogP contribution in [-0.2, 0) is 0 Å². The van der Waals surface area contributed by atoms with Gasteiger partial charge in [-0.3, -0.25) is 0 Å². The lowest BCUT2D eigenvalue weighted by molar-refractivity contribution is 0.145. The summed E-state index contributed by atoms with van der Waals surface area (Å²) in [6, 6.07) is 5.24. The van der Waals surface area contributed by atoms with Crippen LogP contribution in [0.3, 0.4) is 0 Å². The van der Waals surface area contributed by atoms with E-state index in [1.165, 1.54) is 6.42 Å². The molecule has 3 unspecified atom stereocenters. The molecular formula is C13H20BrN3. The van der Waals surface area contributed by atoms with Gasteiger partial charge in [-0.1, -0.05) is 6.92 Å². The zero-order valence-electron chi connectivity index (χ0n) is 10.7. The second-order valence-electron chi connectivity index (χ2n) is 5.12. The Morgan fingerprint density at radius 2 is 2.18 bits per heavy atom. The van der Waals surface area contributed by atoms with Crippen molar-refractivity contribution in [2.24, 2.45) is 5.92 Å². The van der Waals surface area contributed by atoms with E-state index in [0.29, 0.717) is 18.0 Å². The van der Waals surface area contributed by atoms with Crippen LogP contribution in [0.2, 0.25) is 0 Å². The van der Waals surface area contributed by atoms with Gasteiger partial charge in [-0.2, -0.15) is 0 Å². The zero-order valence-corrected chi connectivity index (χ0v) is 12.2. The van der Waals surface area contributed by atoms with Crippen LogP contribution in [0.15, 0.2) is 22.9 Å². The maximum atomic E-state index is 4.25. The van der Waals surface area contributed by atoms with Crippen LogP contribution < -0.4 is 5.32 Å². The summed E-state index contributed by atoms with van der Waals surface area (Å²) in [5.74, 6) is 0.667. The molecule has 1 aromatic rings. The zero-order chi connectivity index (χ0) is 12.4. The Labute approximate surface area is 112 Å². The molecule has 1 saturated heterocycles. The maximum absolute atomic E-state index is 4.25. The molecule has 0 spiro atoms. The lowest BCUT2D eigenvalue weighted by Crippen LogP contribution is -2.48. The van der Waals surface area contributed by atoms with Crippen molar-refractivity contribution in [2.45, 2.75) is 32.4 Å². The molecule has 17 heavy (non-hydrogen) atoms. The molecule has 0 radical (unpaired) electrons. The molecule has 3 atom stereocenters. The van der Waals surface area contributed by atoms with Gasteiger partial charge in [-0.15, -0.1) is 0 Å². The fraction of sp³-hybridized carbons (Fsp3) is 0.615. The summed E-state index contributed by atoms with van der Waals surface area (Å²) in [6.45, 7) is 5.76. The largest absolute Gasteiger partial charge is 0.381 e. The number of halogens is 1. The first kappa shape index (κ1) is 12.8.